The molecule has 3 nitrogen and oxygen atoms in total. The van der Waals surface area contributed by atoms with Crippen molar-refractivity contribution < 1.29 is 9.15 Å². The highest BCUT2D eigenvalue weighted by molar-refractivity contribution is 5.04. The molecule has 0 fully saturated rings. The SMILES string of the molecule is CCOC(CCNCc1ccoc1)C(C)C. The van der Waals surface area contributed by atoms with Gasteiger partial charge in [-0.15, -0.1) is 0 Å². The van der Waals surface area contributed by atoms with Gasteiger partial charge in [0.25, 0.3) is 0 Å². The van der Waals surface area contributed by atoms with Gasteiger partial charge in [0.1, 0.15) is 0 Å². The zero-order chi connectivity index (χ0) is 11.8. The predicted molar refractivity (Wildman–Crippen MR) is 65.3 cm³/mol. The topological polar surface area (TPSA) is 34.4 Å². The van der Waals surface area contributed by atoms with E-state index >= 15 is 0 Å². The third-order valence-electron chi connectivity index (χ3n) is 2.64. The average molecular weight is 225 g/mol. The monoisotopic (exact) mass is 225 g/mol. The Morgan fingerprint density at radius 2 is 2.25 bits per heavy atom. The molecule has 0 aromatic carbocycles. The summed E-state index contributed by atoms with van der Waals surface area (Å²) in [5, 5.41) is 3.39. The number of nitrogens with one attached hydrogen (secondary N) is 1. The summed E-state index contributed by atoms with van der Waals surface area (Å²) in [5.74, 6) is 0.579. The number of rotatable bonds is 8. The van der Waals surface area contributed by atoms with E-state index in [4.69, 9.17) is 9.15 Å². The minimum absolute atomic E-state index is 0.363. The van der Waals surface area contributed by atoms with Gasteiger partial charge in [0.05, 0.1) is 18.6 Å². The number of ether oxygens (including phenoxy) is 1. The van der Waals surface area contributed by atoms with Crippen LogP contribution in [0.25, 0.3) is 0 Å². The first-order chi connectivity index (χ1) is 7.74. The first kappa shape index (κ1) is 13.3. The third-order valence-corrected chi connectivity index (χ3v) is 2.64. The van der Waals surface area contributed by atoms with Crippen LogP contribution in [0.5, 0.6) is 0 Å². The van der Waals surface area contributed by atoms with E-state index in [1.54, 1.807) is 12.5 Å². The van der Waals surface area contributed by atoms with Crippen molar-refractivity contribution in [2.45, 2.75) is 39.8 Å². The highest BCUT2D eigenvalue weighted by Gasteiger charge is 2.12. The van der Waals surface area contributed by atoms with Crippen LogP contribution in [0, 0.1) is 5.92 Å². The third kappa shape index (κ3) is 4.81. The molecule has 1 aromatic rings. The Morgan fingerprint density at radius 1 is 1.44 bits per heavy atom. The van der Waals surface area contributed by atoms with Crippen molar-refractivity contribution in [3.05, 3.63) is 24.2 Å². The molecule has 1 rings (SSSR count). The molecule has 0 saturated heterocycles. The second-order valence-corrected chi connectivity index (χ2v) is 4.33. The van der Waals surface area contributed by atoms with Crippen LogP contribution in [-0.4, -0.2) is 19.3 Å². The van der Waals surface area contributed by atoms with E-state index in [1.165, 1.54) is 5.56 Å². The molecular weight excluding hydrogens is 202 g/mol. The van der Waals surface area contributed by atoms with Gasteiger partial charge in [-0.1, -0.05) is 13.8 Å². The molecule has 3 heteroatoms. The fraction of sp³-hybridized carbons (Fsp3) is 0.692. The smallest absolute Gasteiger partial charge is 0.0947 e. The largest absolute Gasteiger partial charge is 0.472 e. The van der Waals surface area contributed by atoms with Crippen molar-refractivity contribution >= 4 is 0 Å². The second kappa shape index (κ2) is 7.47. The minimum Gasteiger partial charge on any atom is -0.472 e. The maximum Gasteiger partial charge on any atom is 0.0947 e. The summed E-state index contributed by atoms with van der Waals surface area (Å²) in [7, 11) is 0. The zero-order valence-electron chi connectivity index (χ0n) is 10.5. The Labute approximate surface area is 98.2 Å². The Kier molecular flexibility index (Phi) is 6.19. The van der Waals surface area contributed by atoms with Crippen LogP contribution in [0.1, 0.15) is 32.8 Å². The molecule has 1 unspecified atom stereocenters. The van der Waals surface area contributed by atoms with Gasteiger partial charge in [0.2, 0.25) is 0 Å². The van der Waals surface area contributed by atoms with E-state index in [9.17, 15) is 0 Å². The van der Waals surface area contributed by atoms with Crippen molar-refractivity contribution in [2.75, 3.05) is 13.2 Å². The van der Waals surface area contributed by atoms with Crippen molar-refractivity contribution in [3.63, 3.8) is 0 Å². The van der Waals surface area contributed by atoms with Gasteiger partial charge >= 0.3 is 0 Å². The summed E-state index contributed by atoms with van der Waals surface area (Å²) < 4.78 is 10.7. The van der Waals surface area contributed by atoms with E-state index in [0.29, 0.717) is 12.0 Å². The highest BCUT2D eigenvalue weighted by atomic mass is 16.5. The quantitative estimate of drug-likeness (QED) is 0.691. The molecule has 0 aliphatic heterocycles. The summed E-state index contributed by atoms with van der Waals surface area (Å²) in [4.78, 5) is 0. The van der Waals surface area contributed by atoms with Crippen LogP contribution >= 0.6 is 0 Å². The lowest BCUT2D eigenvalue weighted by molar-refractivity contribution is 0.0250. The van der Waals surface area contributed by atoms with Crippen molar-refractivity contribution in [1.82, 2.24) is 5.32 Å². The molecule has 0 saturated carbocycles. The first-order valence-electron chi connectivity index (χ1n) is 6.07. The van der Waals surface area contributed by atoms with Gasteiger partial charge in [-0.25, -0.2) is 0 Å². The van der Waals surface area contributed by atoms with E-state index < -0.39 is 0 Å². The van der Waals surface area contributed by atoms with Crippen LogP contribution in [0.4, 0.5) is 0 Å². The summed E-state index contributed by atoms with van der Waals surface area (Å²) >= 11 is 0. The van der Waals surface area contributed by atoms with Crippen molar-refractivity contribution in [1.29, 1.82) is 0 Å². The lowest BCUT2D eigenvalue weighted by atomic mass is 10.0. The zero-order valence-corrected chi connectivity index (χ0v) is 10.5. The van der Waals surface area contributed by atoms with Crippen LogP contribution < -0.4 is 5.32 Å². The molecule has 1 atom stereocenters. The maximum absolute atomic E-state index is 5.68. The van der Waals surface area contributed by atoms with Gasteiger partial charge in [-0.05, 0) is 31.9 Å². The van der Waals surface area contributed by atoms with Crippen molar-refractivity contribution in [2.24, 2.45) is 5.92 Å². The van der Waals surface area contributed by atoms with Crippen molar-refractivity contribution in [3.8, 4) is 0 Å². The number of furan rings is 1. The molecular formula is C13H23NO2. The Balaban J connectivity index is 2.13. The summed E-state index contributed by atoms with van der Waals surface area (Å²) in [6, 6.07) is 1.98. The molecule has 0 amide bonds. The summed E-state index contributed by atoms with van der Waals surface area (Å²) in [6.07, 6.45) is 4.90. The lowest BCUT2D eigenvalue weighted by Crippen LogP contribution is -2.26. The van der Waals surface area contributed by atoms with Crippen LogP contribution in [-0.2, 0) is 11.3 Å². The van der Waals surface area contributed by atoms with Crippen LogP contribution in [0.3, 0.4) is 0 Å². The lowest BCUT2D eigenvalue weighted by Gasteiger charge is -2.20. The molecule has 1 aromatic heterocycles. The Bertz CT molecular complexity index is 257. The maximum atomic E-state index is 5.68. The number of hydrogen-bond donors (Lipinski definition) is 1. The summed E-state index contributed by atoms with van der Waals surface area (Å²) in [6.45, 7) is 9.10. The Hall–Kier alpha value is -0.800. The van der Waals surface area contributed by atoms with Crippen LogP contribution in [0.2, 0.25) is 0 Å². The van der Waals surface area contributed by atoms with Gasteiger partial charge < -0.3 is 14.5 Å². The fourth-order valence-corrected chi connectivity index (χ4v) is 1.69. The molecule has 0 radical (unpaired) electrons. The number of hydrogen-bond acceptors (Lipinski definition) is 3. The summed E-state index contributed by atoms with van der Waals surface area (Å²) in [5.41, 5.74) is 1.19. The molecule has 1 heterocycles. The molecule has 1 N–H and O–H groups in total. The Morgan fingerprint density at radius 3 is 2.81 bits per heavy atom. The van der Waals surface area contributed by atoms with Crippen LogP contribution in [0.15, 0.2) is 23.0 Å². The molecule has 16 heavy (non-hydrogen) atoms. The van der Waals surface area contributed by atoms with Gasteiger partial charge in [-0.2, -0.15) is 0 Å². The normalized spacial score (nSPS) is 13.2. The highest BCUT2D eigenvalue weighted by Crippen LogP contribution is 2.10. The average Bonchev–Trinajstić information content (AvgIpc) is 2.75. The van der Waals surface area contributed by atoms with Gasteiger partial charge in [0.15, 0.2) is 0 Å². The standard InChI is InChI=1S/C13H23NO2/c1-4-16-13(11(2)3)5-7-14-9-12-6-8-15-10-12/h6,8,10-11,13-14H,4-5,7,9H2,1-3H3. The fourth-order valence-electron chi connectivity index (χ4n) is 1.69. The van der Waals surface area contributed by atoms with E-state index in [-0.39, 0.29) is 0 Å². The molecule has 0 bridgehead atoms. The molecule has 0 aliphatic rings. The molecule has 92 valence electrons. The minimum atomic E-state index is 0.363. The first-order valence-corrected chi connectivity index (χ1v) is 6.07. The van der Waals surface area contributed by atoms with Gasteiger partial charge in [-0.3, -0.25) is 0 Å². The van der Waals surface area contributed by atoms with E-state index in [0.717, 1.165) is 26.1 Å². The van der Waals surface area contributed by atoms with E-state index in [1.807, 2.05) is 13.0 Å². The van der Waals surface area contributed by atoms with E-state index in [2.05, 4.69) is 19.2 Å². The molecule has 0 spiro atoms. The molecule has 0 aliphatic carbocycles. The second-order valence-electron chi connectivity index (χ2n) is 4.33. The predicted octanol–water partition coefficient (Wildman–Crippen LogP) is 2.82. The van der Waals surface area contributed by atoms with Gasteiger partial charge in [0, 0.05) is 18.7 Å².